The van der Waals surface area contributed by atoms with E-state index >= 15 is 0 Å². The first-order valence-corrected chi connectivity index (χ1v) is 7.84. The summed E-state index contributed by atoms with van der Waals surface area (Å²) in [4.78, 5) is 14.8. The molecule has 2 aliphatic heterocycles. The zero-order chi connectivity index (χ0) is 15.0. The highest BCUT2D eigenvalue weighted by Crippen LogP contribution is 2.32. The van der Waals surface area contributed by atoms with Gasteiger partial charge < -0.3 is 10.2 Å². The SMILES string of the molecule is Cc1cccc(C(=O)NC2CC3CCCC(C2)N3C)c1F. The summed E-state index contributed by atoms with van der Waals surface area (Å²) in [5, 5.41) is 3.05. The number of hydrogen-bond acceptors (Lipinski definition) is 2. The van der Waals surface area contributed by atoms with Gasteiger partial charge in [0.25, 0.3) is 5.91 Å². The fraction of sp³-hybridized carbons (Fsp3) is 0.588. The van der Waals surface area contributed by atoms with Crippen LogP contribution in [0.5, 0.6) is 0 Å². The molecule has 1 aromatic rings. The third-order valence-corrected chi connectivity index (χ3v) is 5.11. The maximum Gasteiger partial charge on any atom is 0.254 e. The van der Waals surface area contributed by atoms with Crippen molar-refractivity contribution < 1.29 is 9.18 Å². The van der Waals surface area contributed by atoms with E-state index in [1.54, 1.807) is 25.1 Å². The third-order valence-electron chi connectivity index (χ3n) is 5.11. The van der Waals surface area contributed by atoms with Crippen molar-refractivity contribution in [1.29, 1.82) is 0 Å². The van der Waals surface area contributed by atoms with Gasteiger partial charge in [-0.1, -0.05) is 18.6 Å². The zero-order valence-electron chi connectivity index (χ0n) is 12.7. The number of nitrogens with one attached hydrogen (secondary N) is 1. The van der Waals surface area contributed by atoms with Crippen molar-refractivity contribution in [3.05, 3.63) is 35.1 Å². The zero-order valence-corrected chi connectivity index (χ0v) is 12.7. The molecule has 2 aliphatic rings. The second-order valence-corrected chi connectivity index (χ2v) is 6.48. The lowest BCUT2D eigenvalue weighted by Gasteiger charge is -2.47. The Kier molecular flexibility index (Phi) is 3.98. The van der Waals surface area contributed by atoms with Crippen molar-refractivity contribution in [2.45, 2.75) is 57.2 Å². The van der Waals surface area contributed by atoms with Crippen LogP contribution in [0.4, 0.5) is 4.39 Å². The summed E-state index contributed by atoms with van der Waals surface area (Å²) in [5.74, 6) is -0.674. The summed E-state index contributed by atoms with van der Waals surface area (Å²) in [6, 6.07) is 6.27. The van der Waals surface area contributed by atoms with E-state index < -0.39 is 5.82 Å². The lowest BCUT2D eigenvalue weighted by molar-refractivity contribution is 0.0462. The van der Waals surface area contributed by atoms with Crippen LogP contribution in [0, 0.1) is 12.7 Å². The molecule has 0 aliphatic carbocycles. The van der Waals surface area contributed by atoms with Gasteiger partial charge in [0.15, 0.2) is 0 Å². The van der Waals surface area contributed by atoms with E-state index in [2.05, 4.69) is 17.3 Å². The topological polar surface area (TPSA) is 32.3 Å². The van der Waals surface area contributed by atoms with Crippen molar-refractivity contribution in [3.8, 4) is 0 Å². The Labute approximate surface area is 125 Å². The quantitative estimate of drug-likeness (QED) is 0.908. The van der Waals surface area contributed by atoms with Crippen molar-refractivity contribution >= 4 is 5.91 Å². The average Bonchev–Trinajstić information content (AvgIpc) is 2.43. The molecule has 2 atom stereocenters. The molecule has 1 N–H and O–H groups in total. The van der Waals surface area contributed by atoms with Gasteiger partial charge in [0.1, 0.15) is 5.82 Å². The van der Waals surface area contributed by atoms with E-state index in [1.807, 2.05) is 0 Å². The Hall–Kier alpha value is -1.42. The molecule has 3 rings (SSSR count). The standard InChI is InChI=1S/C17H23FN2O/c1-11-5-3-8-15(16(11)18)17(21)19-12-9-13-6-4-7-14(10-12)20(13)2/h3,5,8,12-14H,4,6-7,9-10H2,1-2H3,(H,19,21). The highest BCUT2D eigenvalue weighted by Gasteiger charge is 2.36. The van der Waals surface area contributed by atoms with Crippen molar-refractivity contribution in [2.75, 3.05) is 7.05 Å². The molecule has 114 valence electrons. The summed E-state index contributed by atoms with van der Waals surface area (Å²) < 4.78 is 14.0. The monoisotopic (exact) mass is 290 g/mol. The molecule has 21 heavy (non-hydrogen) atoms. The van der Waals surface area contributed by atoms with Crippen LogP contribution in [0.3, 0.4) is 0 Å². The fourth-order valence-electron chi connectivity index (χ4n) is 3.82. The van der Waals surface area contributed by atoms with Gasteiger partial charge in [-0.15, -0.1) is 0 Å². The summed E-state index contributed by atoms with van der Waals surface area (Å²) >= 11 is 0. The Morgan fingerprint density at radius 1 is 1.29 bits per heavy atom. The largest absolute Gasteiger partial charge is 0.349 e. The lowest BCUT2D eigenvalue weighted by Crippen LogP contribution is -2.55. The Balaban J connectivity index is 1.69. The molecule has 2 saturated heterocycles. The van der Waals surface area contributed by atoms with Crippen LogP contribution in [0.2, 0.25) is 0 Å². The number of nitrogens with zero attached hydrogens (tertiary/aromatic N) is 1. The molecule has 2 heterocycles. The van der Waals surface area contributed by atoms with Crippen LogP contribution in [-0.4, -0.2) is 36.0 Å². The van der Waals surface area contributed by atoms with Gasteiger partial charge in [-0.25, -0.2) is 4.39 Å². The van der Waals surface area contributed by atoms with Gasteiger partial charge in [0.2, 0.25) is 0 Å². The van der Waals surface area contributed by atoms with Gasteiger partial charge >= 0.3 is 0 Å². The van der Waals surface area contributed by atoms with Crippen LogP contribution in [0.15, 0.2) is 18.2 Å². The minimum Gasteiger partial charge on any atom is -0.349 e. The van der Waals surface area contributed by atoms with Gasteiger partial charge in [-0.3, -0.25) is 4.79 Å². The third kappa shape index (κ3) is 2.82. The Morgan fingerprint density at radius 2 is 1.95 bits per heavy atom. The molecule has 1 amide bonds. The smallest absolute Gasteiger partial charge is 0.254 e. The number of fused-ring (bicyclic) bond motifs is 2. The van der Waals surface area contributed by atoms with Gasteiger partial charge in [0, 0.05) is 18.1 Å². The molecular weight excluding hydrogens is 267 g/mol. The number of halogens is 1. The highest BCUT2D eigenvalue weighted by atomic mass is 19.1. The van der Waals surface area contributed by atoms with Crippen LogP contribution in [0.1, 0.15) is 48.0 Å². The van der Waals surface area contributed by atoms with E-state index in [-0.39, 0.29) is 17.5 Å². The molecule has 0 radical (unpaired) electrons. The molecule has 2 bridgehead atoms. The van der Waals surface area contributed by atoms with E-state index in [0.29, 0.717) is 17.6 Å². The van der Waals surface area contributed by atoms with E-state index in [0.717, 1.165) is 12.8 Å². The van der Waals surface area contributed by atoms with Crippen molar-refractivity contribution in [1.82, 2.24) is 10.2 Å². The van der Waals surface area contributed by atoms with E-state index in [4.69, 9.17) is 0 Å². The molecule has 0 spiro atoms. The summed E-state index contributed by atoms with van der Waals surface area (Å²) in [6.45, 7) is 1.69. The molecule has 0 saturated carbocycles. The first-order chi connectivity index (χ1) is 10.1. The van der Waals surface area contributed by atoms with Gasteiger partial charge in [-0.05, 0) is 51.3 Å². The first-order valence-electron chi connectivity index (χ1n) is 7.84. The summed E-state index contributed by atoms with van der Waals surface area (Å²) in [6.07, 6.45) is 5.65. The van der Waals surface area contributed by atoms with E-state index in [9.17, 15) is 9.18 Å². The highest BCUT2D eigenvalue weighted by molar-refractivity contribution is 5.94. The predicted molar refractivity (Wildman–Crippen MR) is 80.8 cm³/mol. The van der Waals surface area contributed by atoms with Crippen molar-refractivity contribution in [3.63, 3.8) is 0 Å². The number of amides is 1. The molecule has 2 unspecified atom stereocenters. The maximum absolute atomic E-state index is 14.0. The number of aryl methyl sites for hydroxylation is 1. The molecule has 0 aromatic heterocycles. The van der Waals surface area contributed by atoms with Gasteiger partial charge in [0.05, 0.1) is 5.56 Å². The number of carbonyl (C=O) groups is 1. The van der Waals surface area contributed by atoms with E-state index in [1.165, 1.54) is 19.3 Å². The normalized spacial score (nSPS) is 29.2. The van der Waals surface area contributed by atoms with Crippen molar-refractivity contribution in [2.24, 2.45) is 0 Å². The Bertz CT molecular complexity index is 532. The number of benzene rings is 1. The van der Waals surface area contributed by atoms with Crippen LogP contribution >= 0.6 is 0 Å². The molecule has 4 heteroatoms. The van der Waals surface area contributed by atoms with Crippen LogP contribution in [0.25, 0.3) is 0 Å². The molecule has 3 nitrogen and oxygen atoms in total. The average molecular weight is 290 g/mol. The second-order valence-electron chi connectivity index (χ2n) is 6.48. The van der Waals surface area contributed by atoms with Crippen LogP contribution in [-0.2, 0) is 0 Å². The predicted octanol–water partition coefficient (Wildman–Crippen LogP) is 2.88. The number of piperidine rings is 2. The number of hydrogen-bond donors (Lipinski definition) is 1. The van der Waals surface area contributed by atoms with Crippen LogP contribution < -0.4 is 5.32 Å². The summed E-state index contributed by atoms with van der Waals surface area (Å²) in [7, 11) is 2.19. The molecule has 2 fully saturated rings. The second kappa shape index (κ2) is 5.76. The van der Waals surface area contributed by atoms with Gasteiger partial charge in [-0.2, -0.15) is 0 Å². The minimum absolute atomic E-state index is 0.166. The lowest BCUT2D eigenvalue weighted by atomic mass is 9.82. The molecular formula is C17H23FN2O. The molecule has 1 aromatic carbocycles. The number of carbonyl (C=O) groups excluding carboxylic acids is 1. The minimum atomic E-state index is -0.400. The maximum atomic E-state index is 14.0. The fourth-order valence-corrected chi connectivity index (χ4v) is 3.82. The summed E-state index contributed by atoms with van der Waals surface area (Å²) in [5.41, 5.74) is 0.682. The first kappa shape index (κ1) is 14.5. The Morgan fingerprint density at radius 3 is 2.62 bits per heavy atom. The number of rotatable bonds is 2.